The highest BCUT2D eigenvalue weighted by Crippen LogP contribution is 2.22. The van der Waals surface area contributed by atoms with Crippen molar-refractivity contribution in [2.45, 2.75) is 57.4 Å². The van der Waals surface area contributed by atoms with Crippen LogP contribution in [-0.4, -0.2) is 51.0 Å². The minimum Gasteiger partial charge on any atom is -0.353 e. The van der Waals surface area contributed by atoms with E-state index in [0.717, 1.165) is 36.9 Å². The van der Waals surface area contributed by atoms with E-state index < -0.39 is 0 Å². The maximum absolute atomic E-state index is 13.0. The van der Waals surface area contributed by atoms with Crippen LogP contribution in [0.25, 0.3) is 11.3 Å². The molecular weight excluding hydrogens is 366 g/mol. The van der Waals surface area contributed by atoms with Gasteiger partial charge in [-0.05, 0) is 43.9 Å². The first-order valence-electron chi connectivity index (χ1n) is 10.8. The third kappa shape index (κ3) is 4.83. The van der Waals surface area contributed by atoms with Crippen molar-refractivity contribution < 1.29 is 9.59 Å². The molecule has 1 saturated heterocycles. The Kier molecular flexibility index (Phi) is 6.22. The molecule has 2 N–H and O–H groups in total. The third-order valence-corrected chi connectivity index (χ3v) is 6.07. The van der Waals surface area contributed by atoms with Crippen molar-refractivity contribution in [3.63, 3.8) is 0 Å². The van der Waals surface area contributed by atoms with Gasteiger partial charge in [0.1, 0.15) is 5.69 Å². The predicted molar refractivity (Wildman–Crippen MR) is 110 cm³/mol. The maximum Gasteiger partial charge on any atom is 0.271 e. The van der Waals surface area contributed by atoms with Gasteiger partial charge in [-0.25, -0.2) is 0 Å². The molecule has 0 unspecified atom stereocenters. The lowest BCUT2D eigenvalue weighted by atomic mass is 9.96. The van der Waals surface area contributed by atoms with Crippen LogP contribution in [0.4, 0.5) is 0 Å². The van der Waals surface area contributed by atoms with Gasteiger partial charge in [0.05, 0.1) is 11.6 Å². The monoisotopic (exact) mass is 395 g/mol. The van der Waals surface area contributed by atoms with Crippen molar-refractivity contribution in [1.82, 2.24) is 25.4 Å². The molecule has 7 heteroatoms. The van der Waals surface area contributed by atoms with Crippen LogP contribution in [0, 0.1) is 5.92 Å². The van der Waals surface area contributed by atoms with Crippen molar-refractivity contribution in [1.29, 1.82) is 0 Å². The van der Waals surface area contributed by atoms with Crippen LogP contribution in [0.15, 0.2) is 30.6 Å². The fourth-order valence-corrected chi connectivity index (χ4v) is 4.39. The van der Waals surface area contributed by atoms with Crippen molar-refractivity contribution in [3.05, 3.63) is 36.3 Å². The number of H-pyrrole nitrogens is 1. The second-order valence-corrected chi connectivity index (χ2v) is 8.19. The van der Waals surface area contributed by atoms with Gasteiger partial charge in [0.15, 0.2) is 0 Å². The zero-order valence-electron chi connectivity index (χ0n) is 16.8. The number of carbonyl (C=O) groups is 2. The Labute approximate surface area is 171 Å². The van der Waals surface area contributed by atoms with Gasteiger partial charge in [0.2, 0.25) is 5.91 Å². The lowest BCUT2D eigenvalue weighted by Gasteiger charge is -2.32. The van der Waals surface area contributed by atoms with Gasteiger partial charge in [0.25, 0.3) is 5.91 Å². The smallest absolute Gasteiger partial charge is 0.271 e. The molecule has 1 aliphatic carbocycles. The molecule has 1 atom stereocenters. The fourth-order valence-electron chi connectivity index (χ4n) is 4.39. The molecule has 2 aromatic heterocycles. The van der Waals surface area contributed by atoms with Crippen LogP contribution in [0.2, 0.25) is 0 Å². The van der Waals surface area contributed by atoms with E-state index >= 15 is 0 Å². The normalized spacial score (nSPS) is 20.8. The van der Waals surface area contributed by atoms with Crippen LogP contribution in [0.5, 0.6) is 0 Å². The number of nitrogens with one attached hydrogen (secondary N) is 2. The molecule has 2 aromatic rings. The molecule has 2 fully saturated rings. The molecule has 0 bridgehead atoms. The largest absolute Gasteiger partial charge is 0.353 e. The number of likely N-dealkylation sites (tertiary alicyclic amines) is 1. The van der Waals surface area contributed by atoms with Crippen LogP contribution in [-0.2, 0) is 4.79 Å². The topological polar surface area (TPSA) is 91.0 Å². The molecular formula is C22H29N5O2. The summed E-state index contributed by atoms with van der Waals surface area (Å²) in [5.74, 6) is -0.111. The number of pyridine rings is 1. The maximum atomic E-state index is 13.0. The minimum absolute atomic E-state index is 0.0928. The lowest BCUT2D eigenvalue weighted by Crippen LogP contribution is -2.47. The molecule has 29 heavy (non-hydrogen) atoms. The summed E-state index contributed by atoms with van der Waals surface area (Å²) in [7, 11) is 0. The van der Waals surface area contributed by atoms with Crippen molar-refractivity contribution >= 4 is 11.8 Å². The second-order valence-electron chi connectivity index (χ2n) is 8.19. The van der Waals surface area contributed by atoms with E-state index in [2.05, 4.69) is 20.5 Å². The highest BCUT2D eigenvalue weighted by Gasteiger charge is 2.30. The second kappa shape index (κ2) is 9.20. The number of hydrogen-bond acceptors (Lipinski definition) is 4. The molecule has 0 radical (unpaired) electrons. The lowest BCUT2D eigenvalue weighted by molar-refractivity contribution is -0.127. The van der Waals surface area contributed by atoms with E-state index in [9.17, 15) is 9.59 Å². The Morgan fingerprint density at radius 1 is 1.03 bits per heavy atom. The first-order valence-corrected chi connectivity index (χ1v) is 10.8. The highest BCUT2D eigenvalue weighted by molar-refractivity contribution is 5.94. The summed E-state index contributed by atoms with van der Waals surface area (Å²) < 4.78 is 0. The average molecular weight is 396 g/mol. The third-order valence-electron chi connectivity index (χ3n) is 6.07. The van der Waals surface area contributed by atoms with Crippen LogP contribution < -0.4 is 5.32 Å². The number of rotatable bonds is 4. The van der Waals surface area contributed by atoms with E-state index in [4.69, 9.17) is 0 Å². The summed E-state index contributed by atoms with van der Waals surface area (Å²) in [5.41, 5.74) is 2.09. The zero-order valence-corrected chi connectivity index (χ0v) is 16.8. The van der Waals surface area contributed by atoms with Crippen LogP contribution in [0.1, 0.15) is 61.9 Å². The van der Waals surface area contributed by atoms with E-state index in [1.807, 2.05) is 12.1 Å². The van der Waals surface area contributed by atoms with E-state index in [-0.39, 0.29) is 17.7 Å². The van der Waals surface area contributed by atoms with Gasteiger partial charge >= 0.3 is 0 Å². The van der Waals surface area contributed by atoms with E-state index in [0.29, 0.717) is 24.8 Å². The first-order chi connectivity index (χ1) is 14.2. The predicted octanol–water partition coefficient (Wildman–Crippen LogP) is 3.16. The van der Waals surface area contributed by atoms with Crippen molar-refractivity contribution in [2.75, 3.05) is 13.1 Å². The van der Waals surface area contributed by atoms with E-state index in [1.165, 1.54) is 25.7 Å². The van der Waals surface area contributed by atoms with Gasteiger partial charge in [-0.1, -0.05) is 25.7 Å². The van der Waals surface area contributed by atoms with Crippen molar-refractivity contribution in [2.24, 2.45) is 5.92 Å². The zero-order chi connectivity index (χ0) is 20.1. The summed E-state index contributed by atoms with van der Waals surface area (Å²) in [6, 6.07) is 5.79. The molecule has 154 valence electrons. The quantitative estimate of drug-likeness (QED) is 0.778. The van der Waals surface area contributed by atoms with Crippen LogP contribution >= 0.6 is 0 Å². The minimum atomic E-state index is -0.126. The van der Waals surface area contributed by atoms with Gasteiger partial charge in [-0.3, -0.25) is 19.7 Å². The SMILES string of the molecule is O=C(NC1CCCCCC1)[C@@H]1CCCN(C(=O)c2cc(-c3ccncc3)n[nH]2)C1. The number of piperidine rings is 1. The molecule has 1 aliphatic heterocycles. The summed E-state index contributed by atoms with van der Waals surface area (Å²) in [6.45, 7) is 1.15. The van der Waals surface area contributed by atoms with Gasteiger partial charge in [-0.15, -0.1) is 0 Å². The molecule has 2 amide bonds. The summed E-state index contributed by atoms with van der Waals surface area (Å²) in [4.78, 5) is 31.5. The standard InChI is InChI=1S/C22H29N5O2/c28-21(24-18-7-3-1-2-4-8-18)17-6-5-13-27(15-17)22(29)20-14-19(25-26-20)16-9-11-23-12-10-16/h9-12,14,17-18H,1-8,13,15H2,(H,24,28)(H,25,26)/t17-/m1/s1. The summed E-state index contributed by atoms with van der Waals surface area (Å²) in [5, 5.41) is 10.4. The summed E-state index contributed by atoms with van der Waals surface area (Å²) >= 11 is 0. The van der Waals surface area contributed by atoms with Crippen LogP contribution in [0.3, 0.4) is 0 Å². The average Bonchev–Trinajstić information content (AvgIpc) is 3.12. The number of aromatic nitrogens is 3. The van der Waals surface area contributed by atoms with E-state index in [1.54, 1.807) is 23.4 Å². The first kappa shape index (κ1) is 19.6. The molecule has 4 rings (SSSR count). The Morgan fingerprint density at radius 3 is 2.55 bits per heavy atom. The fraction of sp³-hybridized carbons (Fsp3) is 0.545. The molecule has 1 saturated carbocycles. The number of aromatic amines is 1. The number of nitrogens with zero attached hydrogens (tertiary/aromatic N) is 3. The molecule has 7 nitrogen and oxygen atoms in total. The Hall–Kier alpha value is -2.70. The Balaban J connectivity index is 1.37. The Bertz CT molecular complexity index is 827. The number of carbonyl (C=O) groups excluding carboxylic acids is 2. The highest BCUT2D eigenvalue weighted by atomic mass is 16.2. The van der Waals surface area contributed by atoms with Gasteiger partial charge in [-0.2, -0.15) is 5.10 Å². The molecule has 0 spiro atoms. The molecule has 0 aromatic carbocycles. The number of amides is 2. The summed E-state index contributed by atoms with van der Waals surface area (Å²) in [6.07, 6.45) is 12.2. The molecule has 2 aliphatic rings. The Morgan fingerprint density at radius 2 is 1.79 bits per heavy atom. The van der Waals surface area contributed by atoms with Gasteiger partial charge < -0.3 is 10.2 Å². The van der Waals surface area contributed by atoms with Gasteiger partial charge in [0, 0.05) is 37.1 Å². The molecule has 3 heterocycles. The number of hydrogen-bond donors (Lipinski definition) is 2. The van der Waals surface area contributed by atoms with Crippen molar-refractivity contribution in [3.8, 4) is 11.3 Å².